The molecule has 0 saturated carbocycles. The van der Waals surface area contributed by atoms with Crippen LogP contribution >= 0.6 is 0 Å². The fourth-order valence-corrected chi connectivity index (χ4v) is 2.16. The van der Waals surface area contributed by atoms with Crippen LogP contribution in [0.4, 0.5) is 0 Å². The monoisotopic (exact) mass is 351 g/mol. The zero-order chi connectivity index (χ0) is 19.4. The zero-order valence-electron chi connectivity index (χ0n) is 11.6. The summed E-state index contributed by atoms with van der Waals surface area (Å²) in [6.45, 7) is 0. The van der Waals surface area contributed by atoms with Gasteiger partial charge in [0.05, 0.1) is 0 Å². The molecular weight excluding hydrogens is 338 g/mol. The van der Waals surface area contributed by atoms with Crippen molar-refractivity contribution in [3.05, 3.63) is 0 Å². The highest BCUT2D eigenvalue weighted by atomic mass is 16.4. The summed E-state index contributed by atoms with van der Waals surface area (Å²) < 4.78 is 0. The topological polar surface area (TPSA) is 250 Å². The van der Waals surface area contributed by atoms with Crippen molar-refractivity contribution in [2.45, 2.75) is 6.04 Å². The fourth-order valence-electron chi connectivity index (χ4n) is 2.16. The summed E-state index contributed by atoms with van der Waals surface area (Å²) >= 11 is 0. The van der Waals surface area contributed by atoms with Crippen LogP contribution < -0.4 is 5.73 Å². The Hall–Kier alpha value is -3.22. The number of nitrogens with two attached hydrogens (primary N) is 1. The zero-order valence-corrected chi connectivity index (χ0v) is 11.6. The highest BCUT2D eigenvalue weighted by molar-refractivity contribution is 6.00. The lowest BCUT2D eigenvalue weighted by molar-refractivity contribution is -0.171. The van der Waals surface area contributed by atoms with Crippen LogP contribution in [0.2, 0.25) is 0 Å². The van der Waals surface area contributed by atoms with Crippen molar-refractivity contribution in [3.8, 4) is 0 Å². The van der Waals surface area contributed by atoms with Gasteiger partial charge in [-0.2, -0.15) is 0 Å². The summed E-state index contributed by atoms with van der Waals surface area (Å²) in [6, 6.07) is -2.44. The average molecular weight is 351 g/mol. The molecule has 0 aromatic heterocycles. The van der Waals surface area contributed by atoms with E-state index in [1.165, 1.54) is 0 Å². The second-order valence-electron chi connectivity index (χ2n) is 4.62. The molecule has 0 bridgehead atoms. The Kier molecular flexibility index (Phi) is 6.81. The minimum Gasteiger partial charge on any atom is -0.481 e. The second kappa shape index (κ2) is 7.87. The minimum atomic E-state index is -2.77. The minimum absolute atomic E-state index is 2.12. The van der Waals surface area contributed by atoms with Gasteiger partial charge < -0.3 is 36.4 Å². The summed E-state index contributed by atoms with van der Waals surface area (Å²) in [7, 11) is 0. The van der Waals surface area contributed by atoms with Crippen LogP contribution in [0.15, 0.2) is 0 Å². The molecule has 0 spiro atoms. The second-order valence-corrected chi connectivity index (χ2v) is 4.62. The van der Waals surface area contributed by atoms with Crippen molar-refractivity contribution >= 4 is 35.8 Å². The van der Waals surface area contributed by atoms with Gasteiger partial charge in [0.1, 0.15) is 0 Å². The van der Waals surface area contributed by atoms with Gasteiger partial charge in [-0.3, -0.25) is 28.8 Å². The average Bonchev–Trinajstić information content (AvgIpc) is 2.34. The number of hydrogen-bond acceptors (Lipinski definition) is 7. The molecule has 0 radical (unpaired) electrons. The maximum absolute atomic E-state index is 11.1. The first-order valence-electron chi connectivity index (χ1n) is 5.97. The summed E-state index contributed by atoms with van der Waals surface area (Å²) in [4.78, 5) is 66.2. The van der Waals surface area contributed by atoms with E-state index in [2.05, 4.69) is 0 Å². The quantitative estimate of drug-likeness (QED) is 0.198. The number of carboxylic acid groups (broad SMARTS) is 6. The number of carboxylic acids is 6. The molecule has 0 aliphatic rings. The highest BCUT2D eigenvalue weighted by Gasteiger charge is 2.53. The lowest BCUT2D eigenvalue weighted by Gasteiger charge is -2.31. The smallest absolute Gasteiger partial charge is 0.319 e. The molecule has 1 atom stereocenters. The first kappa shape index (κ1) is 20.8. The molecule has 0 fully saturated rings. The Labute approximate surface area is 131 Å². The van der Waals surface area contributed by atoms with E-state index in [1.807, 2.05) is 0 Å². The largest absolute Gasteiger partial charge is 0.481 e. The summed E-state index contributed by atoms with van der Waals surface area (Å²) in [5.74, 6) is -23.8. The Bertz CT molecular complexity index is 510. The molecule has 0 aliphatic carbocycles. The van der Waals surface area contributed by atoms with E-state index >= 15 is 0 Å². The Balaban J connectivity index is 6.40. The van der Waals surface area contributed by atoms with Gasteiger partial charge in [0.25, 0.3) is 0 Å². The molecule has 24 heavy (non-hydrogen) atoms. The van der Waals surface area contributed by atoms with Crippen molar-refractivity contribution in [2.24, 2.45) is 29.4 Å². The Morgan fingerprint density at radius 2 is 0.708 bits per heavy atom. The van der Waals surface area contributed by atoms with E-state index < -0.39 is 65.5 Å². The molecule has 134 valence electrons. The third-order valence-electron chi connectivity index (χ3n) is 3.20. The van der Waals surface area contributed by atoms with Crippen molar-refractivity contribution < 1.29 is 59.4 Å². The van der Waals surface area contributed by atoms with Gasteiger partial charge in [0, 0.05) is 12.0 Å². The normalized spacial score (nSPS) is 12.4. The van der Waals surface area contributed by atoms with Crippen LogP contribution in [0.25, 0.3) is 0 Å². The van der Waals surface area contributed by atoms with E-state index in [0.717, 1.165) is 0 Å². The molecule has 0 heterocycles. The van der Waals surface area contributed by atoms with Crippen molar-refractivity contribution in [1.82, 2.24) is 0 Å². The van der Waals surface area contributed by atoms with Gasteiger partial charge in [0.2, 0.25) is 0 Å². The van der Waals surface area contributed by atoms with Gasteiger partial charge >= 0.3 is 35.8 Å². The summed E-state index contributed by atoms with van der Waals surface area (Å²) in [5.41, 5.74) is 5.30. The van der Waals surface area contributed by atoms with Crippen LogP contribution in [0.3, 0.4) is 0 Å². The molecule has 0 aliphatic heterocycles. The third-order valence-corrected chi connectivity index (χ3v) is 3.20. The van der Waals surface area contributed by atoms with E-state index in [4.69, 9.17) is 36.4 Å². The highest BCUT2D eigenvalue weighted by Crippen LogP contribution is 2.30. The van der Waals surface area contributed by atoms with E-state index in [9.17, 15) is 28.8 Å². The van der Waals surface area contributed by atoms with Crippen LogP contribution in [0.5, 0.6) is 0 Å². The number of hydrogen-bond donors (Lipinski definition) is 7. The third kappa shape index (κ3) is 4.39. The molecule has 0 aromatic carbocycles. The van der Waals surface area contributed by atoms with Gasteiger partial charge in [-0.15, -0.1) is 0 Å². The Morgan fingerprint density at radius 3 is 0.875 bits per heavy atom. The molecule has 1 unspecified atom stereocenters. The number of carbonyl (C=O) groups is 6. The lowest BCUT2D eigenvalue weighted by atomic mass is 9.72. The van der Waals surface area contributed by atoms with E-state index in [0.29, 0.717) is 0 Å². The van der Waals surface area contributed by atoms with Gasteiger partial charge in [-0.1, -0.05) is 0 Å². The fraction of sp³-hybridized carbons (Fsp3) is 0.455. The molecule has 0 amide bonds. The van der Waals surface area contributed by atoms with E-state index in [-0.39, 0.29) is 0 Å². The molecule has 13 nitrogen and oxygen atoms in total. The standard InChI is InChI=1S/C11H13NO12/c12-5(4(10(21)22)11(23)24)1(2(6(13)14)7(15)16)3(8(17)18)9(19)20/h1-5H,12H2,(H,13,14)(H,15,16)(H,17,18)(H,19,20)(H,21,22)(H,23,24). The van der Waals surface area contributed by atoms with Crippen LogP contribution in [0.1, 0.15) is 0 Å². The van der Waals surface area contributed by atoms with Crippen molar-refractivity contribution in [2.75, 3.05) is 0 Å². The summed E-state index contributed by atoms with van der Waals surface area (Å²) in [6.07, 6.45) is 0. The molecule has 8 N–H and O–H groups in total. The first-order chi connectivity index (χ1) is 10.8. The maximum Gasteiger partial charge on any atom is 0.319 e. The number of rotatable bonds is 10. The molecule has 0 saturated heterocycles. The van der Waals surface area contributed by atoms with Gasteiger partial charge in [-0.05, 0) is 0 Å². The lowest BCUT2D eigenvalue weighted by Crippen LogP contribution is -2.56. The Morgan fingerprint density at radius 1 is 0.500 bits per heavy atom. The van der Waals surface area contributed by atoms with Crippen molar-refractivity contribution in [1.29, 1.82) is 0 Å². The predicted molar refractivity (Wildman–Crippen MR) is 67.8 cm³/mol. The van der Waals surface area contributed by atoms with Crippen LogP contribution in [0, 0.1) is 23.7 Å². The molecule has 0 aromatic rings. The molecule has 0 rings (SSSR count). The van der Waals surface area contributed by atoms with Crippen LogP contribution in [-0.2, 0) is 28.8 Å². The SMILES string of the molecule is NC(C(C(=O)O)C(=O)O)C(C(C(=O)O)C(=O)O)C(C(=O)O)C(=O)O. The van der Waals surface area contributed by atoms with Crippen LogP contribution in [-0.4, -0.2) is 72.5 Å². The number of aliphatic carboxylic acids is 6. The maximum atomic E-state index is 11.1. The van der Waals surface area contributed by atoms with Crippen molar-refractivity contribution in [3.63, 3.8) is 0 Å². The molecular formula is C11H13NO12. The van der Waals surface area contributed by atoms with E-state index in [1.54, 1.807) is 0 Å². The summed E-state index contributed by atoms with van der Waals surface area (Å²) in [5, 5.41) is 53.3. The van der Waals surface area contributed by atoms with Gasteiger partial charge in [-0.25, -0.2) is 0 Å². The predicted octanol–water partition coefficient (Wildman–Crippen LogP) is -2.71. The van der Waals surface area contributed by atoms with Gasteiger partial charge in [0.15, 0.2) is 17.8 Å². The molecule has 13 heteroatoms. The first-order valence-corrected chi connectivity index (χ1v) is 5.97.